The zero-order chi connectivity index (χ0) is 15.0. The van der Waals surface area contributed by atoms with Gasteiger partial charge >= 0.3 is 0 Å². The average Bonchev–Trinajstić information content (AvgIpc) is 2.77. The molecule has 0 saturated carbocycles. The van der Waals surface area contributed by atoms with Crippen LogP contribution >= 0.6 is 15.9 Å². The molecule has 1 heterocycles. The Balaban J connectivity index is 1.94. The summed E-state index contributed by atoms with van der Waals surface area (Å²) in [7, 11) is 0. The zero-order valence-corrected chi connectivity index (χ0v) is 12.3. The van der Waals surface area contributed by atoms with E-state index in [0.29, 0.717) is 5.69 Å². The Morgan fingerprint density at radius 2 is 2.00 bits per heavy atom. The predicted octanol–water partition coefficient (Wildman–Crippen LogP) is 3.46. The molecule has 0 aromatic heterocycles. The summed E-state index contributed by atoms with van der Waals surface area (Å²) in [4.78, 5) is 22.4. The van der Waals surface area contributed by atoms with Crippen molar-refractivity contribution in [2.75, 3.05) is 10.6 Å². The van der Waals surface area contributed by atoms with Crippen molar-refractivity contribution in [2.24, 2.45) is 0 Å². The van der Waals surface area contributed by atoms with Crippen LogP contribution in [-0.2, 0) is 4.79 Å². The molecule has 1 amide bonds. The summed E-state index contributed by atoms with van der Waals surface area (Å²) in [5.41, 5.74) is 2.03. The number of carbonyl (C=O) groups excluding carboxylic acids is 1. The number of non-ortho nitro benzene ring substituents is 1. The van der Waals surface area contributed by atoms with Crippen molar-refractivity contribution in [1.82, 2.24) is 0 Å². The van der Waals surface area contributed by atoms with E-state index >= 15 is 0 Å². The number of hydrogen-bond donors (Lipinski definition) is 2. The van der Waals surface area contributed by atoms with Gasteiger partial charge in [-0.15, -0.1) is 0 Å². The molecule has 1 aliphatic heterocycles. The van der Waals surface area contributed by atoms with Gasteiger partial charge in [0.15, 0.2) is 0 Å². The molecule has 6 nitrogen and oxygen atoms in total. The van der Waals surface area contributed by atoms with Gasteiger partial charge in [-0.2, -0.15) is 0 Å². The number of carbonyl (C=O) groups is 1. The number of nitro benzene ring substituents is 1. The van der Waals surface area contributed by atoms with E-state index in [-0.39, 0.29) is 11.6 Å². The van der Waals surface area contributed by atoms with Gasteiger partial charge in [0.2, 0.25) is 0 Å². The van der Waals surface area contributed by atoms with Crippen LogP contribution in [0.4, 0.5) is 17.1 Å². The summed E-state index contributed by atoms with van der Waals surface area (Å²) in [6.07, 6.45) is 0. The molecule has 0 fully saturated rings. The number of hydrogen-bond acceptors (Lipinski definition) is 4. The molecule has 1 atom stereocenters. The maximum Gasteiger partial charge on any atom is 0.271 e. The predicted molar refractivity (Wildman–Crippen MR) is 82.2 cm³/mol. The summed E-state index contributed by atoms with van der Waals surface area (Å²) >= 11 is 3.43. The molecule has 1 unspecified atom stereocenters. The van der Waals surface area contributed by atoms with Gasteiger partial charge in [-0.25, -0.2) is 0 Å². The molecule has 0 saturated heterocycles. The Morgan fingerprint density at radius 1 is 1.24 bits per heavy atom. The molecule has 2 aromatic carbocycles. The van der Waals surface area contributed by atoms with Crippen molar-refractivity contribution < 1.29 is 9.72 Å². The van der Waals surface area contributed by atoms with Gasteiger partial charge in [0, 0.05) is 33.5 Å². The molecule has 0 radical (unpaired) electrons. The molecule has 106 valence electrons. The van der Waals surface area contributed by atoms with Crippen LogP contribution in [0.15, 0.2) is 46.9 Å². The highest BCUT2D eigenvalue weighted by molar-refractivity contribution is 9.10. The molecule has 21 heavy (non-hydrogen) atoms. The molecule has 3 rings (SSSR count). The van der Waals surface area contributed by atoms with Crippen LogP contribution in [0.3, 0.4) is 0 Å². The van der Waals surface area contributed by atoms with Gasteiger partial charge in [-0.3, -0.25) is 14.9 Å². The number of amides is 1. The van der Waals surface area contributed by atoms with Crippen molar-refractivity contribution in [3.63, 3.8) is 0 Å². The highest BCUT2D eigenvalue weighted by Crippen LogP contribution is 2.38. The molecule has 2 aromatic rings. The smallest absolute Gasteiger partial charge is 0.271 e. The van der Waals surface area contributed by atoms with Crippen LogP contribution < -0.4 is 10.6 Å². The van der Waals surface area contributed by atoms with Gasteiger partial charge in [0.25, 0.3) is 11.6 Å². The lowest BCUT2D eigenvalue weighted by molar-refractivity contribution is -0.384. The maximum absolute atomic E-state index is 12.1. The Bertz CT molecular complexity index is 748. The van der Waals surface area contributed by atoms with Crippen LogP contribution in [0.25, 0.3) is 0 Å². The van der Waals surface area contributed by atoms with E-state index in [1.807, 2.05) is 18.2 Å². The lowest BCUT2D eigenvalue weighted by Crippen LogP contribution is -2.19. The number of nitrogens with one attached hydrogen (secondary N) is 2. The van der Waals surface area contributed by atoms with E-state index < -0.39 is 11.0 Å². The second-order valence-electron chi connectivity index (χ2n) is 4.58. The normalized spacial score (nSPS) is 16.2. The first kappa shape index (κ1) is 13.6. The molecule has 1 aliphatic rings. The second-order valence-corrected chi connectivity index (χ2v) is 5.43. The largest absolute Gasteiger partial charge is 0.370 e. The van der Waals surface area contributed by atoms with Crippen molar-refractivity contribution in [1.29, 1.82) is 0 Å². The number of nitrogens with zero attached hydrogens (tertiary/aromatic N) is 1. The first-order valence-corrected chi connectivity index (χ1v) is 6.96. The third-order valence-electron chi connectivity index (χ3n) is 3.23. The fourth-order valence-electron chi connectivity index (χ4n) is 2.29. The molecule has 0 aliphatic carbocycles. The number of benzene rings is 2. The van der Waals surface area contributed by atoms with E-state index in [2.05, 4.69) is 26.6 Å². The van der Waals surface area contributed by atoms with Gasteiger partial charge in [0.1, 0.15) is 6.04 Å². The van der Waals surface area contributed by atoms with E-state index in [0.717, 1.165) is 15.7 Å². The number of anilines is 2. The minimum atomic E-state index is -0.586. The number of fused-ring (bicyclic) bond motifs is 1. The Kier molecular flexibility index (Phi) is 3.34. The molecule has 0 spiro atoms. The Morgan fingerprint density at radius 3 is 2.76 bits per heavy atom. The van der Waals surface area contributed by atoms with Gasteiger partial charge in [-0.1, -0.05) is 28.1 Å². The number of rotatable bonds is 3. The second kappa shape index (κ2) is 5.17. The van der Waals surface area contributed by atoms with E-state index in [1.165, 1.54) is 12.1 Å². The van der Waals surface area contributed by atoms with E-state index in [4.69, 9.17) is 0 Å². The number of halogens is 1. The fraction of sp³-hybridized carbons (Fsp3) is 0.0714. The summed E-state index contributed by atoms with van der Waals surface area (Å²) in [5, 5.41) is 16.6. The fourth-order valence-corrected chi connectivity index (χ4v) is 2.88. The minimum absolute atomic E-state index is 0.0224. The van der Waals surface area contributed by atoms with Gasteiger partial charge < -0.3 is 10.6 Å². The first-order valence-electron chi connectivity index (χ1n) is 6.16. The average molecular weight is 348 g/mol. The topological polar surface area (TPSA) is 84.3 Å². The molecule has 0 bridgehead atoms. The molecular weight excluding hydrogens is 338 g/mol. The van der Waals surface area contributed by atoms with Crippen molar-refractivity contribution in [2.45, 2.75) is 6.04 Å². The maximum atomic E-state index is 12.1. The lowest BCUT2D eigenvalue weighted by Gasteiger charge is -2.14. The van der Waals surface area contributed by atoms with Crippen LogP contribution in [-0.4, -0.2) is 10.8 Å². The third-order valence-corrected chi connectivity index (χ3v) is 3.92. The minimum Gasteiger partial charge on any atom is -0.370 e. The van der Waals surface area contributed by atoms with Crippen LogP contribution in [0.2, 0.25) is 0 Å². The zero-order valence-electron chi connectivity index (χ0n) is 10.7. The standard InChI is InChI=1S/C14H10BrN3O3/c15-10-5-2-6-11-12(10)13(14(19)17-11)16-8-3-1-4-9(7-8)18(20)21/h1-7,13,16H,(H,17,19). The van der Waals surface area contributed by atoms with Crippen LogP contribution in [0.5, 0.6) is 0 Å². The monoisotopic (exact) mass is 347 g/mol. The van der Waals surface area contributed by atoms with E-state index in [9.17, 15) is 14.9 Å². The van der Waals surface area contributed by atoms with Gasteiger partial charge in [0.05, 0.1) is 4.92 Å². The highest BCUT2D eigenvalue weighted by Gasteiger charge is 2.32. The molecule has 7 heteroatoms. The quantitative estimate of drug-likeness (QED) is 0.657. The van der Waals surface area contributed by atoms with Crippen molar-refractivity contribution in [3.8, 4) is 0 Å². The summed E-state index contributed by atoms with van der Waals surface area (Å²) in [5.74, 6) is -0.191. The lowest BCUT2D eigenvalue weighted by atomic mass is 10.1. The summed E-state index contributed by atoms with van der Waals surface area (Å²) in [6, 6.07) is 11.0. The Hall–Kier alpha value is -2.41. The molecule has 2 N–H and O–H groups in total. The van der Waals surface area contributed by atoms with Crippen LogP contribution in [0.1, 0.15) is 11.6 Å². The third kappa shape index (κ3) is 2.47. The van der Waals surface area contributed by atoms with Crippen molar-refractivity contribution >= 4 is 38.9 Å². The molecular formula is C14H10BrN3O3. The summed E-state index contributed by atoms with van der Waals surface area (Å²) in [6.45, 7) is 0. The van der Waals surface area contributed by atoms with Crippen LogP contribution in [0, 0.1) is 10.1 Å². The van der Waals surface area contributed by atoms with E-state index in [1.54, 1.807) is 12.1 Å². The number of nitro groups is 1. The van der Waals surface area contributed by atoms with Crippen molar-refractivity contribution in [3.05, 3.63) is 62.6 Å². The Labute approximate surface area is 128 Å². The first-order chi connectivity index (χ1) is 10.1. The SMILES string of the molecule is O=C1Nc2cccc(Br)c2C1Nc1cccc([N+](=O)[O-])c1. The summed E-state index contributed by atoms with van der Waals surface area (Å²) < 4.78 is 0.807. The van der Waals surface area contributed by atoms with Gasteiger partial charge in [-0.05, 0) is 18.2 Å². The highest BCUT2D eigenvalue weighted by atomic mass is 79.9.